The number of hydrogen-bond acceptors (Lipinski definition) is 2. The minimum Gasteiger partial charge on any atom is -0.486 e. The Kier molecular flexibility index (Phi) is 4.74. The van der Waals surface area contributed by atoms with Crippen molar-refractivity contribution >= 4 is 0 Å². The highest BCUT2D eigenvalue weighted by Gasteiger charge is 2.08. The predicted octanol–water partition coefficient (Wildman–Crippen LogP) is 3.99. The molecule has 1 unspecified atom stereocenters. The van der Waals surface area contributed by atoms with Crippen LogP contribution in [0.25, 0.3) is 0 Å². The lowest BCUT2D eigenvalue weighted by Gasteiger charge is -2.13. The molecule has 0 aliphatic rings. The molecule has 1 atom stereocenters. The summed E-state index contributed by atoms with van der Waals surface area (Å²) in [6, 6.07) is 13.2. The Morgan fingerprint density at radius 3 is 2.65 bits per heavy atom. The van der Waals surface area contributed by atoms with Gasteiger partial charge in [-0.3, -0.25) is 0 Å². The van der Waals surface area contributed by atoms with E-state index in [0.717, 1.165) is 11.1 Å². The van der Waals surface area contributed by atoms with Gasteiger partial charge in [0, 0.05) is 6.04 Å². The molecule has 3 heteroatoms. The van der Waals surface area contributed by atoms with Crippen LogP contribution in [0.3, 0.4) is 0 Å². The lowest BCUT2D eigenvalue weighted by atomic mass is 10.1. The Morgan fingerprint density at radius 2 is 2.00 bits per heavy atom. The van der Waals surface area contributed by atoms with Gasteiger partial charge in [-0.1, -0.05) is 35.9 Å². The summed E-state index contributed by atoms with van der Waals surface area (Å²) < 4.78 is 19.5. The Morgan fingerprint density at radius 1 is 1.20 bits per heavy atom. The van der Waals surface area contributed by atoms with Crippen molar-refractivity contribution in [1.82, 2.24) is 5.32 Å². The average Bonchev–Trinajstić information content (AvgIpc) is 2.45. The molecule has 0 fully saturated rings. The van der Waals surface area contributed by atoms with E-state index in [0.29, 0.717) is 12.4 Å². The van der Waals surface area contributed by atoms with Crippen molar-refractivity contribution in [1.29, 1.82) is 0 Å². The molecule has 2 aromatic carbocycles. The Labute approximate surface area is 119 Å². The van der Waals surface area contributed by atoms with Crippen LogP contribution in [0.1, 0.15) is 29.7 Å². The fourth-order valence-electron chi connectivity index (χ4n) is 2.03. The largest absolute Gasteiger partial charge is 0.486 e. The van der Waals surface area contributed by atoms with E-state index in [1.165, 1.54) is 11.6 Å². The van der Waals surface area contributed by atoms with Gasteiger partial charge in [-0.2, -0.15) is 0 Å². The van der Waals surface area contributed by atoms with E-state index in [1.54, 1.807) is 6.07 Å². The van der Waals surface area contributed by atoms with E-state index in [2.05, 4.69) is 5.32 Å². The normalized spacial score (nSPS) is 12.2. The molecule has 0 saturated carbocycles. The molecule has 0 spiro atoms. The molecule has 0 aliphatic carbocycles. The first kappa shape index (κ1) is 14.5. The van der Waals surface area contributed by atoms with Crippen LogP contribution in [-0.2, 0) is 6.61 Å². The second-order valence-corrected chi connectivity index (χ2v) is 4.98. The Hall–Kier alpha value is -1.87. The fraction of sp³-hybridized carbons (Fsp3) is 0.294. The first-order valence-corrected chi connectivity index (χ1v) is 6.75. The third-order valence-electron chi connectivity index (χ3n) is 3.37. The van der Waals surface area contributed by atoms with Gasteiger partial charge in [0.1, 0.15) is 6.61 Å². The van der Waals surface area contributed by atoms with Gasteiger partial charge in [-0.15, -0.1) is 0 Å². The van der Waals surface area contributed by atoms with Crippen molar-refractivity contribution < 1.29 is 9.13 Å². The SMILES string of the molecule is CNC(C)c1ccc(OCc2cccc(C)c2)c(F)c1. The Bertz CT molecular complexity index is 583. The van der Waals surface area contributed by atoms with Gasteiger partial charge in [0.05, 0.1) is 0 Å². The number of halogens is 1. The van der Waals surface area contributed by atoms with Gasteiger partial charge in [0.25, 0.3) is 0 Å². The van der Waals surface area contributed by atoms with Crippen LogP contribution in [0.2, 0.25) is 0 Å². The van der Waals surface area contributed by atoms with Crippen molar-refractivity contribution in [2.24, 2.45) is 0 Å². The second-order valence-electron chi connectivity index (χ2n) is 4.98. The molecule has 0 aromatic heterocycles. The minimum atomic E-state index is -0.322. The summed E-state index contributed by atoms with van der Waals surface area (Å²) in [5.41, 5.74) is 3.12. The third-order valence-corrected chi connectivity index (χ3v) is 3.37. The Balaban J connectivity index is 2.07. The maximum absolute atomic E-state index is 14.0. The van der Waals surface area contributed by atoms with Crippen LogP contribution in [0.5, 0.6) is 5.75 Å². The molecule has 0 heterocycles. The molecule has 0 bridgehead atoms. The molecule has 2 nitrogen and oxygen atoms in total. The van der Waals surface area contributed by atoms with E-state index in [4.69, 9.17) is 4.74 Å². The van der Waals surface area contributed by atoms with Gasteiger partial charge < -0.3 is 10.1 Å². The standard InChI is InChI=1S/C17H20FNO/c1-12-5-4-6-14(9-12)11-20-17-8-7-15(10-16(17)18)13(2)19-3/h4-10,13,19H,11H2,1-3H3. The number of nitrogens with one attached hydrogen (secondary N) is 1. The number of benzene rings is 2. The summed E-state index contributed by atoms with van der Waals surface area (Å²) in [7, 11) is 1.85. The van der Waals surface area contributed by atoms with Crippen LogP contribution in [0.4, 0.5) is 4.39 Å². The van der Waals surface area contributed by atoms with Crippen molar-refractivity contribution in [3.05, 3.63) is 65.0 Å². The number of ether oxygens (including phenoxy) is 1. The van der Waals surface area contributed by atoms with Crippen LogP contribution in [0.15, 0.2) is 42.5 Å². The van der Waals surface area contributed by atoms with Crippen molar-refractivity contribution in [3.8, 4) is 5.75 Å². The minimum absolute atomic E-state index is 0.121. The second kappa shape index (κ2) is 6.53. The highest BCUT2D eigenvalue weighted by Crippen LogP contribution is 2.22. The van der Waals surface area contributed by atoms with E-state index >= 15 is 0 Å². The molecule has 2 aromatic rings. The highest BCUT2D eigenvalue weighted by atomic mass is 19.1. The quantitative estimate of drug-likeness (QED) is 0.889. The van der Waals surface area contributed by atoms with Crippen molar-refractivity contribution in [3.63, 3.8) is 0 Å². The van der Waals surface area contributed by atoms with Gasteiger partial charge >= 0.3 is 0 Å². The molecular formula is C17H20FNO. The van der Waals surface area contributed by atoms with Gasteiger partial charge in [0.15, 0.2) is 11.6 Å². The van der Waals surface area contributed by atoms with Crippen LogP contribution in [-0.4, -0.2) is 7.05 Å². The van der Waals surface area contributed by atoms with Gasteiger partial charge in [-0.05, 0) is 44.2 Å². The molecule has 0 radical (unpaired) electrons. The summed E-state index contributed by atoms with van der Waals surface area (Å²) in [6.07, 6.45) is 0. The summed E-state index contributed by atoms with van der Waals surface area (Å²) in [6.45, 7) is 4.39. The predicted molar refractivity (Wildman–Crippen MR) is 79.4 cm³/mol. The monoisotopic (exact) mass is 273 g/mol. The zero-order chi connectivity index (χ0) is 14.5. The molecule has 0 aliphatic heterocycles. The smallest absolute Gasteiger partial charge is 0.165 e. The van der Waals surface area contributed by atoms with E-state index in [-0.39, 0.29) is 11.9 Å². The topological polar surface area (TPSA) is 21.3 Å². The van der Waals surface area contributed by atoms with Crippen LogP contribution >= 0.6 is 0 Å². The third kappa shape index (κ3) is 3.58. The lowest BCUT2D eigenvalue weighted by Crippen LogP contribution is -2.12. The van der Waals surface area contributed by atoms with Gasteiger partial charge in [-0.25, -0.2) is 4.39 Å². The number of rotatable bonds is 5. The van der Waals surface area contributed by atoms with Crippen LogP contribution < -0.4 is 10.1 Å². The summed E-state index contributed by atoms with van der Waals surface area (Å²) in [5, 5.41) is 3.08. The van der Waals surface area contributed by atoms with E-state index < -0.39 is 0 Å². The van der Waals surface area contributed by atoms with Crippen LogP contribution in [0, 0.1) is 12.7 Å². The zero-order valence-electron chi connectivity index (χ0n) is 12.1. The van der Waals surface area contributed by atoms with Crippen molar-refractivity contribution in [2.75, 3.05) is 7.05 Å². The zero-order valence-corrected chi connectivity index (χ0v) is 12.1. The number of aryl methyl sites for hydroxylation is 1. The van der Waals surface area contributed by atoms with E-state index in [1.807, 2.05) is 51.2 Å². The molecule has 1 N–H and O–H groups in total. The molecule has 2 rings (SSSR count). The lowest BCUT2D eigenvalue weighted by molar-refractivity contribution is 0.290. The molecule has 0 amide bonds. The fourth-order valence-corrected chi connectivity index (χ4v) is 2.03. The highest BCUT2D eigenvalue weighted by molar-refractivity contribution is 5.31. The molecular weight excluding hydrogens is 253 g/mol. The first-order valence-electron chi connectivity index (χ1n) is 6.75. The summed E-state index contributed by atoms with van der Waals surface area (Å²) in [4.78, 5) is 0. The van der Waals surface area contributed by atoms with E-state index in [9.17, 15) is 4.39 Å². The van der Waals surface area contributed by atoms with Gasteiger partial charge in [0.2, 0.25) is 0 Å². The summed E-state index contributed by atoms with van der Waals surface area (Å²) in [5.74, 6) is -0.0317. The first-order chi connectivity index (χ1) is 9.60. The molecule has 106 valence electrons. The maximum atomic E-state index is 14.0. The average molecular weight is 273 g/mol. The molecule has 20 heavy (non-hydrogen) atoms. The van der Waals surface area contributed by atoms with Crippen molar-refractivity contribution in [2.45, 2.75) is 26.5 Å². The maximum Gasteiger partial charge on any atom is 0.165 e. The molecule has 0 saturated heterocycles. The number of hydrogen-bond donors (Lipinski definition) is 1. The summed E-state index contributed by atoms with van der Waals surface area (Å²) >= 11 is 0.